The van der Waals surface area contributed by atoms with Crippen LogP contribution in [-0.2, 0) is 14.2 Å². The SMILES string of the molecule is C[C@H](OC(N)=O)c1nc2c(F)ccc(Cl)c2c(=O)n1C1CC1COC1CCCCO1. The minimum absolute atomic E-state index is 0.00567. The molecule has 8 nitrogen and oxygen atoms in total. The maximum Gasteiger partial charge on any atom is 0.405 e. The zero-order valence-electron chi connectivity index (χ0n) is 16.5. The average molecular weight is 440 g/mol. The van der Waals surface area contributed by atoms with Gasteiger partial charge in [0.05, 0.1) is 17.0 Å². The van der Waals surface area contributed by atoms with E-state index >= 15 is 0 Å². The van der Waals surface area contributed by atoms with Crippen LogP contribution in [0.25, 0.3) is 10.9 Å². The average Bonchev–Trinajstić information content (AvgIpc) is 3.48. The number of primary amides is 1. The molecule has 4 atom stereocenters. The fourth-order valence-corrected chi connectivity index (χ4v) is 4.11. The van der Waals surface area contributed by atoms with Crippen LogP contribution in [0.5, 0.6) is 0 Å². The number of nitrogens with two attached hydrogens (primary N) is 1. The van der Waals surface area contributed by atoms with E-state index in [0.717, 1.165) is 25.3 Å². The van der Waals surface area contributed by atoms with Gasteiger partial charge in [-0.3, -0.25) is 9.36 Å². The predicted octanol–water partition coefficient (Wildman–Crippen LogP) is 3.45. The first-order chi connectivity index (χ1) is 14.4. The quantitative estimate of drug-likeness (QED) is 0.738. The van der Waals surface area contributed by atoms with E-state index in [1.54, 1.807) is 0 Å². The summed E-state index contributed by atoms with van der Waals surface area (Å²) in [5, 5.41) is 0.102. The Morgan fingerprint density at radius 2 is 2.27 bits per heavy atom. The van der Waals surface area contributed by atoms with E-state index in [1.807, 2.05) is 0 Å². The molecule has 2 aromatic rings. The third kappa shape index (κ3) is 4.14. The van der Waals surface area contributed by atoms with Gasteiger partial charge in [0, 0.05) is 18.6 Å². The molecule has 2 aliphatic rings. The first kappa shape index (κ1) is 21.0. The first-order valence-corrected chi connectivity index (χ1v) is 10.3. The molecule has 3 unspecified atom stereocenters. The standard InChI is InChI=1S/C20H23ClFN3O5/c1-10(30-20(23)27)18-24-17-13(22)6-5-12(21)16(17)19(26)25(18)14-8-11(14)9-29-15-4-2-3-7-28-15/h5-6,10-11,14-15H,2-4,7-9H2,1H3,(H2,23,27)/t10-,11?,14?,15?/m0/s1. The first-order valence-electron chi connectivity index (χ1n) is 9.96. The molecule has 1 aromatic heterocycles. The Balaban J connectivity index is 1.67. The van der Waals surface area contributed by atoms with Gasteiger partial charge in [0.25, 0.3) is 5.56 Å². The van der Waals surface area contributed by atoms with E-state index in [0.29, 0.717) is 19.6 Å². The number of rotatable bonds is 6. The summed E-state index contributed by atoms with van der Waals surface area (Å²) in [4.78, 5) is 28.8. The smallest absolute Gasteiger partial charge is 0.405 e. The van der Waals surface area contributed by atoms with Crippen LogP contribution in [0, 0.1) is 11.7 Å². The van der Waals surface area contributed by atoms with E-state index in [4.69, 9.17) is 31.5 Å². The van der Waals surface area contributed by atoms with Crippen LogP contribution in [0.1, 0.15) is 50.6 Å². The van der Waals surface area contributed by atoms with Crippen LogP contribution in [0.3, 0.4) is 0 Å². The molecule has 1 aromatic carbocycles. The van der Waals surface area contributed by atoms with Gasteiger partial charge < -0.3 is 19.9 Å². The second-order valence-electron chi connectivity index (χ2n) is 7.67. The van der Waals surface area contributed by atoms with Crippen molar-refractivity contribution in [2.24, 2.45) is 11.7 Å². The van der Waals surface area contributed by atoms with Gasteiger partial charge in [0.2, 0.25) is 0 Å². The Hall–Kier alpha value is -2.23. The Morgan fingerprint density at radius 3 is 2.97 bits per heavy atom. The summed E-state index contributed by atoms with van der Waals surface area (Å²) < 4.78 is 32.2. The van der Waals surface area contributed by atoms with Crippen molar-refractivity contribution < 1.29 is 23.4 Å². The molecule has 2 N–H and O–H groups in total. The molecule has 2 fully saturated rings. The molecule has 30 heavy (non-hydrogen) atoms. The number of hydrogen-bond acceptors (Lipinski definition) is 6. The van der Waals surface area contributed by atoms with E-state index < -0.39 is 23.6 Å². The fraction of sp³-hybridized carbons (Fsp3) is 0.550. The van der Waals surface area contributed by atoms with Crippen molar-refractivity contribution in [2.75, 3.05) is 13.2 Å². The minimum atomic E-state index is -1.01. The van der Waals surface area contributed by atoms with Crippen molar-refractivity contribution in [3.63, 3.8) is 0 Å². The number of amides is 1. The highest BCUT2D eigenvalue weighted by Gasteiger charge is 2.43. The molecule has 0 radical (unpaired) electrons. The summed E-state index contributed by atoms with van der Waals surface area (Å²) in [7, 11) is 0. The molecular weight excluding hydrogens is 417 g/mol. The van der Waals surface area contributed by atoms with E-state index in [9.17, 15) is 14.0 Å². The van der Waals surface area contributed by atoms with Crippen molar-refractivity contribution in [3.05, 3.63) is 39.2 Å². The topological polar surface area (TPSA) is 106 Å². The van der Waals surface area contributed by atoms with Crippen molar-refractivity contribution in [3.8, 4) is 0 Å². The number of hydrogen-bond donors (Lipinski definition) is 1. The van der Waals surface area contributed by atoms with Crippen LogP contribution < -0.4 is 11.3 Å². The van der Waals surface area contributed by atoms with E-state index in [-0.39, 0.29) is 40.0 Å². The van der Waals surface area contributed by atoms with Gasteiger partial charge in [-0.1, -0.05) is 11.6 Å². The fourth-order valence-electron chi connectivity index (χ4n) is 3.88. The number of carbonyl (C=O) groups is 1. The second-order valence-corrected chi connectivity index (χ2v) is 8.08. The molecule has 1 amide bonds. The Bertz CT molecular complexity index is 1020. The van der Waals surface area contributed by atoms with E-state index in [1.165, 1.54) is 17.6 Å². The van der Waals surface area contributed by atoms with Gasteiger partial charge in [-0.05, 0) is 44.7 Å². The van der Waals surface area contributed by atoms with Gasteiger partial charge in [-0.25, -0.2) is 14.2 Å². The van der Waals surface area contributed by atoms with Crippen molar-refractivity contribution >= 4 is 28.6 Å². The molecule has 4 rings (SSSR count). The Morgan fingerprint density at radius 1 is 1.47 bits per heavy atom. The summed E-state index contributed by atoms with van der Waals surface area (Å²) in [6.45, 7) is 2.63. The van der Waals surface area contributed by atoms with E-state index in [2.05, 4.69) is 4.98 Å². The highest BCUT2D eigenvalue weighted by Crippen LogP contribution is 2.44. The zero-order chi connectivity index (χ0) is 21.4. The summed E-state index contributed by atoms with van der Waals surface area (Å²) in [5.41, 5.74) is 4.48. The van der Waals surface area contributed by atoms with Gasteiger partial charge in [-0.2, -0.15) is 0 Å². The third-order valence-corrected chi connectivity index (χ3v) is 5.81. The molecule has 10 heteroatoms. The molecule has 162 valence electrons. The minimum Gasteiger partial charge on any atom is -0.439 e. The molecule has 1 aliphatic heterocycles. The van der Waals surface area contributed by atoms with Crippen LogP contribution in [-0.4, -0.2) is 35.1 Å². The molecule has 1 saturated heterocycles. The third-order valence-electron chi connectivity index (χ3n) is 5.49. The van der Waals surface area contributed by atoms with Gasteiger partial charge >= 0.3 is 6.09 Å². The lowest BCUT2D eigenvalue weighted by molar-refractivity contribution is -0.165. The molecule has 1 saturated carbocycles. The van der Waals surface area contributed by atoms with Gasteiger partial charge in [0.1, 0.15) is 11.3 Å². The lowest BCUT2D eigenvalue weighted by Gasteiger charge is -2.23. The maximum atomic E-state index is 14.4. The van der Waals surface area contributed by atoms with Crippen molar-refractivity contribution in [2.45, 2.75) is 51.0 Å². The van der Waals surface area contributed by atoms with Crippen LogP contribution in [0.2, 0.25) is 5.02 Å². The Kier molecular flexibility index (Phi) is 5.95. The lowest BCUT2D eigenvalue weighted by Crippen LogP contribution is -2.29. The second kappa shape index (κ2) is 8.49. The lowest BCUT2D eigenvalue weighted by atomic mass is 10.2. The maximum absolute atomic E-state index is 14.4. The largest absolute Gasteiger partial charge is 0.439 e. The number of fused-ring (bicyclic) bond motifs is 1. The molecule has 0 spiro atoms. The summed E-state index contributed by atoms with van der Waals surface area (Å²) >= 11 is 6.18. The van der Waals surface area contributed by atoms with Crippen molar-refractivity contribution in [1.82, 2.24) is 9.55 Å². The number of ether oxygens (including phenoxy) is 3. The zero-order valence-corrected chi connectivity index (χ0v) is 17.2. The molecule has 1 aliphatic carbocycles. The predicted molar refractivity (Wildman–Crippen MR) is 107 cm³/mol. The van der Waals surface area contributed by atoms with Crippen molar-refractivity contribution in [1.29, 1.82) is 0 Å². The molecule has 2 heterocycles. The summed E-state index contributed by atoms with van der Waals surface area (Å²) in [5.74, 6) is -0.510. The van der Waals surface area contributed by atoms with Crippen LogP contribution in [0.15, 0.2) is 16.9 Å². The van der Waals surface area contributed by atoms with Crippen LogP contribution in [0.4, 0.5) is 9.18 Å². The number of carbonyl (C=O) groups excluding carboxylic acids is 1. The number of benzene rings is 1. The number of nitrogens with zero attached hydrogens (tertiary/aromatic N) is 2. The summed E-state index contributed by atoms with van der Waals surface area (Å²) in [6.07, 6.45) is 1.42. The highest BCUT2D eigenvalue weighted by atomic mass is 35.5. The number of aromatic nitrogens is 2. The normalized spacial score (nSPS) is 24.6. The van der Waals surface area contributed by atoms with Gasteiger partial charge in [-0.15, -0.1) is 0 Å². The monoisotopic (exact) mass is 439 g/mol. The summed E-state index contributed by atoms with van der Waals surface area (Å²) in [6, 6.07) is 2.23. The number of halogens is 2. The van der Waals surface area contributed by atoms with Gasteiger partial charge in [0.15, 0.2) is 18.2 Å². The molecule has 0 bridgehead atoms. The molecular formula is C20H23ClFN3O5. The highest BCUT2D eigenvalue weighted by molar-refractivity contribution is 6.35. The van der Waals surface area contributed by atoms with Crippen LogP contribution >= 0.6 is 11.6 Å². The Labute approximate surface area is 177 Å².